The molecule has 0 spiro atoms. The second kappa shape index (κ2) is 5.14. The Morgan fingerprint density at radius 2 is 2.17 bits per heavy atom. The lowest BCUT2D eigenvalue weighted by Gasteiger charge is -2.00. The van der Waals surface area contributed by atoms with Crippen LogP contribution in [0.3, 0.4) is 0 Å². The number of hydrogen-bond acceptors (Lipinski definition) is 3. The van der Waals surface area contributed by atoms with Crippen molar-refractivity contribution in [1.29, 1.82) is 0 Å². The van der Waals surface area contributed by atoms with Crippen molar-refractivity contribution in [2.75, 3.05) is 7.05 Å². The van der Waals surface area contributed by atoms with Crippen LogP contribution < -0.4 is 5.32 Å². The monoisotopic (exact) mass is 262 g/mol. The first-order valence-corrected chi connectivity index (χ1v) is 6.03. The Morgan fingerprint density at radius 3 is 2.83 bits per heavy atom. The zero-order valence-corrected chi connectivity index (χ0v) is 11.0. The lowest BCUT2D eigenvalue weighted by molar-refractivity contribution is 0.427. The van der Waals surface area contributed by atoms with Crippen LogP contribution in [0.5, 0.6) is 5.88 Å². The predicted octanol–water partition coefficient (Wildman–Crippen LogP) is 2.95. The Balaban J connectivity index is 2.60. The third-order valence-electron chi connectivity index (χ3n) is 2.69. The minimum atomic E-state index is 0.112. The molecule has 94 valence electrons. The lowest BCUT2D eigenvalue weighted by atomic mass is 10.2. The number of rotatable bonds is 2. The van der Waals surface area contributed by atoms with E-state index < -0.39 is 0 Å². The van der Waals surface area contributed by atoms with Gasteiger partial charge in [0, 0.05) is 19.0 Å². The first-order chi connectivity index (χ1) is 8.69. The summed E-state index contributed by atoms with van der Waals surface area (Å²) < 4.78 is 1.78. The Kier molecular flexibility index (Phi) is 3.57. The molecule has 0 aliphatic rings. The van der Waals surface area contributed by atoms with Crippen molar-refractivity contribution in [3.8, 4) is 5.88 Å². The number of para-hydroxylation sites is 1. The van der Waals surface area contributed by atoms with Crippen molar-refractivity contribution in [2.24, 2.45) is 10.2 Å². The minimum absolute atomic E-state index is 0.112. The van der Waals surface area contributed by atoms with Crippen LogP contribution in [0.15, 0.2) is 34.5 Å². The molecule has 2 rings (SSSR count). The summed E-state index contributed by atoms with van der Waals surface area (Å²) in [4.78, 5) is 0. The molecule has 0 atom stereocenters. The molecule has 1 aromatic heterocycles. The van der Waals surface area contributed by atoms with E-state index in [1.165, 1.54) is 0 Å². The molecule has 0 radical (unpaired) electrons. The number of nitrogens with zero attached hydrogens (tertiary/aromatic N) is 3. The molecule has 0 bridgehead atoms. The van der Waals surface area contributed by atoms with Gasteiger partial charge in [-0.25, -0.2) is 0 Å². The molecule has 0 saturated carbocycles. The first kappa shape index (κ1) is 12.5. The van der Waals surface area contributed by atoms with Gasteiger partial charge in [-0.1, -0.05) is 18.2 Å². The summed E-state index contributed by atoms with van der Waals surface area (Å²) >= 11 is 4.90. The number of nitrogens with one attached hydrogen (secondary N) is 1. The summed E-state index contributed by atoms with van der Waals surface area (Å²) in [7, 11) is 1.68. The molecule has 18 heavy (non-hydrogen) atoms. The van der Waals surface area contributed by atoms with Gasteiger partial charge in [-0.05, 0) is 25.2 Å². The van der Waals surface area contributed by atoms with E-state index in [9.17, 15) is 5.11 Å². The van der Waals surface area contributed by atoms with Crippen LogP contribution in [0.4, 0.5) is 5.69 Å². The summed E-state index contributed by atoms with van der Waals surface area (Å²) in [5.41, 5.74) is 1.38. The van der Waals surface area contributed by atoms with Crippen LogP contribution in [0, 0.1) is 0 Å². The maximum Gasteiger partial charge on any atom is 0.220 e. The molecule has 0 amide bonds. The number of hydrogen-bond donors (Lipinski definition) is 2. The molecule has 2 N–H and O–H groups in total. The van der Waals surface area contributed by atoms with Gasteiger partial charge in [0.1, 0.15) is 0 Å². The average molecular weight is 262 g/mol. The van der Waals surface area contributed by atoms with E-state index in [1.54, 1.807) is 11.6 Å². The first-order valence-electron chi connectivity index (χ1n) is 5.62. The molecule has 1 aromatic carbocycles. The highest BCUT2D eigenvalue weighted by Crippen LogP contribution is 2.38. The van der Waals surface area contributed by atoms with Gasteiger partial charge < -0.3 is 15.0 Å². The number of aromatic nitrogens is 1. The number of benzene rings is 1. The van der Waals surface area contributed by atoms with E-state index in [0.29, 0.717) is 12.2 Å². The molecule has 0 aliphatic carbocycles. The minimum Gasteiger partial charge on any atom is -0.493 e. The van der Waals surface area contributed by atoms with Gasteiger partial charge in [-0.15, -0.1) is 10.2 Å². The molecular weight excluding hydrogens is 248 g/mol. The summed E-state index contributed by atoms with van der Waals surface area (Å²) in [6, 6.07) is 7.66. The van der Waals surface area contributed by atoms with Gasteiger partial charge in [0.25, 0.3) is 0 Å². The Hall–Kier alpha value is -1.95. The molecule has 0 saturated heterocycles. The van der Waals surface area contributed by atoms with E-state index in [4.69, 9.17) is 12.2 Å². The fraction of sp³-hybridized carbons (Fsp3) is 0.250. The number of fused-ring (bicyclic) bond motifs is 1. The third-order valence-corrected chi connectivity index (χ3v) is 2.97. The van der Waals surface area contributed by atoms with Crippen molar-refractivity contribution in [2.45, 2.75) is 13.5 Å². The van der Waals surface area contributed by atoms with Crippen LogP contribution in [0.2, 0.25) is 0 Å². The van der Waals surface area contributed by atoms with Gasteiger partial charge >= 0.3 is 0 Å². The highest BCUT2D eigenvalue weighted by molar-refractivity contribution is 7.80. The van der Waals surface area contributed by atoms with Gasteiger partial charge in [-0.2, -0.15) is 0 Å². The lowest BCUT2D eigenvalue weighted by Crippen LogP contribution is -2.11. The Morgan fingerprint density at radius 1 is 1.44 bits per heavy atom. The summed E-state index contributed by atoms with van der Waals surface area (Å²) in [6.45, 7) is 2.63. The van der Waals surface area contributed by atoms with Crippen molar-refractivity contribution in [3.63, 3.8) is 0 Å². The number of aryl methyl sites for hydroxylation is 1. The molecule has 0 aliphatic heterocycles. The fourth-order valence-electron chi connectivity index (χ4n) is 1.84. The molecule has 5 nitrogen and oxygen atoms in total. The molecular formula is C12H14N4OS. The van der Waals surface area contributed by atoms with Crippen LogP contribution in [-0.4, -0.2) is 21.8 Å². The zero-order valence-electron chi connectivity index (χ0n) is 10.2. The van der Waals surface area contributed by atoms with Gasteiger partial charge in [-0.3, -0.25) is 0 Å². The van der Waals surface area contributed by atoms with Gasteiger partial charge in [0.05, 0.1) is 5.52 Å². The Labute approximate surface area is 110 Å². The van der Waals surface area contributed by atoms with E-state index in [0.717, 1.165) is 10.9 Å². The quantitative estimate of drug-likeness (QED) is 0.646. The molecule has 0 fully saturated rings. The predicted molar refractivity (Wildman–Crippen MR) is 75.5 cm³/mol. The fourth-order valence-corrected chi connectivity index (χ4v) is 1.88. The number of thiocarbonyl (C=S) groups is 1. The Bertz CT molecular complexity index is 618. The number of aromatic hydroxyl groups is 1. The second-order valence-electron chi connectivity index (χ2n) is 3.69. The SMILES string of the molecule is CCn1c(O)c(N=NC(=S)NC)c2ccccc21. The van der Waals surface area contributed by atoms with E-state index in [-0.39, 0.29) is 11.0 Å². The van der Waals surface area contributed by atoms with Gasteiger partial charge in [0.15, 0.2) is 5.69 Å². The third kappa shape index (κ3) is 2.06. The van der Waals surface area contributed by atoms with Crippen LogP contribution >= 0.6 is 12.2 Å². The molecule has 6 heteroatoms. The van der Waals surface area contributed by atoms with E-state index in [2.05, 4.69) is 15.5 Å². The standard InChI is InChI=1S/C12H14N4OS/c1-3-16-9-7-5-4-6-8(9)10(11(16)17)14-15-12(18)13-2/h4-7,17H,3H2,1-2H3,(H,13,18). The second-order valence-corrected chi connectivity index (χ2v) is 4.08. The largest absolute Gasteiger partial charge is 0.493 e. The van der Waals surface area contributed by atoms with Crippen LogP contribution in [0.1, 0.15) is 6.92 Å². The van der Waals surface area contributed by atoms with Crippen molar-refractivity contribution in [1.82, 2.24) is 9.88 Å². The molecule has 0 unspecified atom stereocenters. The normalized spacial score (nSPS) is 11.2. The van der Waals surface area contributed by atoms with Crippen LogP contribution in [-0.2, 0) is 6.54 Å². The summed E-state index contributed by atoms with van der Waals surface area (Å²) in [5.74, 6) is 0.112. The summed E-state index contributed by atoms with van der Waals surface area (Å²) in [6.07, 6.45) is 0. The molecule has 1 heterocycles. The molecule has 2 aromatic rings. The highest BCUT2D eigenvalue weighted by atomic mass is 32.1. The van der Waals surface area contributed by atoms with E-state index in [1.807, 2.05) is 31.2 Å². The maximum absolute atomic E-state index is 10.1. The zero-order chi connectivity index (χ0) is 13.1. The van der Waals surface area contributed by atoms with Crippen molar-refractivity contribution >= 4 is 33.9 Å². The smallest absolute Gasteiger partial charge is 0.220 e. The maximum atomic E-state index is 10.1. The highest BCUT2D eigenvalue weighted by Gasteiger charge is 2.14. The van der Waals surface area contributed by atoms with Crippen molar-refractivity contribution in [3.05, 3.63) is 24.3 Å². The average Bonchev–Trinajstić information content (AvgIpc) is 2.67. The number of azo groups is 1. The van der Waals surface area contributed by atoms with Gasteiger partial charge in [0.2, 0.25) is 11.0 Å². The van der Waals surface area contributed by atoms with E-state index >= 15 is 0 Å². The topological polar surface area (TPSA) is 61.9 Å². The summed E-state index contributed by atoms with van der Waals surface area (Å²) in [5, 5.41) is 21.9. The van der Waals surface area contributed by atoms with Crippen LogP contribution in [0.25, 0.3) is 10.9 Å². The van der Waals surface area contributed by atoms with Crippen molar-refractivity contribution < 1.29 is 5.11 Å².